The third-order valence-electron chi connectivity index (χ3n) is 2.30. The molecule has 1 heterocycles. The molecule has 0 fully saturated rings. The van der Waals surface area contributed by atoms with Gasteiger partial charge < -0.3 is 9.88 Å². The normalized spacial score (nSPS) is 10.4. The average Bonchev–Trinajstić information content (AvgIpc) is 2.70. The lowest BCUT2D eigenvalue weighted by Gasteiger charge is -2.09. The summed E-state index contributed by atoms with van der Waals surface area (Å²) in [7, 11) is 0. The number of benzene rings is 1. The fourth-order valence-electron chi connectivity index (χ4n) is 1.54. The van der Waals surface area contributed by atoms with Gasteiger partial charge >= 0.3 is 0 Å². The van der Waals surface area contributed by atoms with Gasteiger partial charge in [-0.3, -0.25) is 0 Å². The molecule has 0 aliphatic rings. The van der Waals surface area contributed by atoms with Crippen LogP contribution in [0.2, 0.25) is 0 Å². The average molecular weight is 219 g/mol. The molecule has 0 bridgehead atoms. The predicted molar refractivity (Wildman–Crippen MR) is 62.2 cm³/mol. The summed E-state index contributed by atoms with van der Waals surface area (Å²) in [6.07, 6.45) is 4.60. The molecule has 1 aromatic carbocycles. The molecular formula is C12H14FN3. The van der Waals surface area contributed by atoms with Gasteiger partial charge in [-0.25, -0.2) is 9.37 Å². The molecule has 0 amide bonds. The topological polar surface area (TPSA) is 29.9 Å². The Morgan fingerprint density at radius 2 is 2.19 bits per heavy atom. The highest BCUT2D eigenvalue weighted by atomic mass is 19.1. The van der Waals surface area contributed by atoms with Gasteiger partial charge in [-0.15, -0.1) is 0 Å². The van der Waals surface area contributed by atoms with Crippen molar-refractivity contribution in [1.29, 1.82) is 0 Å². The number of halogens is 1. The SMILES string of the molecule is CCCn1ccnc1Nc1ccccc1F. The zero-order chi connectivity index (χ0) is 11.4. The van der Waals surface area contributed by atoms with Gasteiger partial charge in [0.2, 0.25) is 5.95 Å². The number of aromatic nitrogens is 2. The van der Waals surface area contributed by atoms with Gasteiger partial charge in [0, 0.05) is 18.9 Å². The number of aryl methyl sites for hydroxylation is 1. The fourth-order valence-corrected chi connectivity index (χ4v) is 1.54. The van der Waals surface area contributed by atoms with E-state index in [1.807, 2.05) is 10.8 Å². The van der Waals surface area contributed by atoms with Crippen molar-refractivity contribution in [3.63, 3.8) is 0 Å². The second-order valence-corrected chi connectivity index (χ2v) is 3.55. The van der Waals surface area contributed by atoms with E-state index in [2.05, 4.69) is 17.2 Å². The molecule has 0 saturated heterocycles. The molecule has 1 N–H and O–H groups in total. The standard InChI is InChI=1S/C12H14FN3/c1-2-8-16-9-7-14-12(16)15-11-6-4-3-5-10(11)13/h3-7,9H,2,8H2,1H3,(H,14,15). The molecule has 0 aliphatic heterocycles. The van der Waals surface area contributed by atoms with E-state index in [1.165, 1.54) is 6.07 Å². The van der Waals surface area contributed by atoms with Crippen LogP contribution in [0.15, 0.2) is 36.7 Å². The Morgan fingerprint density at radius 3 is 2.94 bits per heavy atom. The molecule has 0 radical (unpaired) electrons. The van der Waals surface area contributed by atoms with Crippen LogP contribution in [0.3, 0.4) is 0 Å². The Morgan fingerprint density at radius 1 is 1.38 bits per heavy atom. The molecule has 2 rings (SSSR count). The van der Waals surface area contributed by atoms with Crippen molar-refractivity contribution < 1.29 is 4.39 Å². The smallest absolute Gasteiger partial charge is 0.207 e. The Kier molecular flexibility index (Phi) is 3.19. The summed E-state index contributed by atoms with van der Waals surface area (Å²) in [6, 6.07) is 6.58. The monoisotopic (exact) mass is 219 g/mol. The Hall–Kier alpha value is -1.84. The maximum Gasteiger partial charge on any atom is 0.207 e. The largest absolute Gasteiger partial charge is 0.323 e. The van der Waals surface area contributed by atoms with Crippen LogP contribution in [0.5, 0.6) is 0 Å². The van der Waals surface area contributed by atoms with Crippen LogP contribution in [-0.4, -0.2) is 9.55 Å². The molecule has 0 atom stereocenters. The summed E-state index contributed by atoms with van der Waals surface area (Å²) in [5, 5.41) is 2.98. The molecule has 3 nitrogen and oxygen atoms in total. The third kappa shape index (κ3) is 2.21. The lowest BCUT2D eigenvalue weighted by atomic mass is 10.3. The van der Waals surface area contributed by atoms with Crippen molar-refractivity contribution in [3.8, 4) is 0 Å². The summed E-state index contributed by atoms with van der Waals surface area (Å²) in [4.78, 5) is 4.16. The van der Waals surface area contributed by atoms with Crippen molar-refractivity contribution in [2.45, 2.75) is 19.9 Å². The number of para-hydroxylation sites is 1. The van der Waals surface area contributed by atoms with Crippen LogP contribution < -0.4 is 5.32 Å². The first kappa shape index (κ1) is 10.7. The second kappa shape index (κ2) is 4.79. The first-order chi connectivity index (χ1) is 7.81. The predicted octanol–water partition coefficient (Wildman–Crippen LogP) is 3.18. The first-order valence-electron chi connectivity index (χ1n) is 5.34. The number of rotatable bonds is 4. The van der Waals surface area contributed by atoms with Crippen LogP contribution in [0.4, 0.5) is 16.0 Å². The number of nitrogens with zero attached hydrogens (tertiary/aromatic N) is 2. The van der Waals surface area contributed by atoms with E-state index in [1.54, 1.807) is 24.4 Å². The molecule has 0 aliphatic carbocycles. The van der Waals surface area contributed by atoms with E-state index in [0.29, 0.717) is 11.6 Å². The molecule has 16 heavy (non-hydrogen) atoms. The van der Waals surface area contributed by atoms with E-state index < -0.39 is 0 Å². The van der Waals surface area contributed by atoms with Gasteiger partial charge in [0.05, 0.1) is 5.69 Å². The lowest BCUT2D eigenvalue weighted by molar-refractivity contribution is 0.630. The third-order valence-corrected chi connectivity index (χ3v) is 2.30. The van der Waals surface area contributed by atoms with E-state index in [4.69, 9.17) is 0 Å². The minimum atomic E-state index is -0.270. The second-order valence-electron chi connectivity index (χ2n) is 3.55. The van der Waals surface area contributed by atoms with E-state index in [9.17, 15) is 4.39 Å². The molecule has 0 unspecified atom stereocenters. The summed E-state index contributed by atoms with van der Waals surface area (Å²) in [6.45, 7) is 2.96. The number of imidazole rings is 1. The Bertz CT molecular complexity index is 465. The van der Waals surface area contributed by atoms with Crippen LogP contribution in [-0.2, 0) is 6.54 Å². The highest BCUT2D eigenvalue weighted by molar-refractivity contribution is 5.54. The van der Waals surface area contributed by atoms with Gasteiger partial charge in [-0.05, 0) is 18.6 Å². The van der Waals surface area contributed by atoms with Crippen molar-refractivity contribution in [3.05, 3.63) is 42.5 Å². The fraction of sp³-hybridized carbons (Fsp3) is 0.250. The number of hydrogen-bond donors (Lipinski definition) is 1. The summed E-state index contributed by atoms with van der Waals surface area (Å²) in [5.74, 6) is 0.403. The van der Waals surface area contributed by atoms with E-state index in [0.717, 1.165) is 13.0 Å². The minimum absolute atomic E-state index is 0.270. The van der Waals surface area contributed by atoms with Crippen LogP contribution >= 0.6 is 0 Å². The maximum atomic E-state index is 13.4. The summed E-state index contributed by atoms with van der Waals surface area (Å²) in [5.41, 5.74) is 0.450. The van der Waals surface area contributed by atoms with Crippen LogP contribution in [0.1, 0.15) is 13.3 Å². The number of nitrogens with one attached hydrogen (secondary N) is 1. The first-order valence-corrected chi connectivity index (χ1v) is 5.34. The zero-order valence-corrected chi connectivity index (χ0v) is 9.15. The van der Waals surface area contributed by atoms with Gasteiger partial charge in [-0.1, -0.05) is 19.1 Å². The molecular weight excluding hydrogens is 205 g/mol. The zero-order valence-electron chi connectivity index (χ0n) is 9.15. The molecule has 4 heteroatoms. The summed E-state index contributed by atoms with van der Waals surface area (Å²) >= 11 is 0. The van der Waals surface area contributed by atoms with Gasteiger partial charge in [0.15, 0.2) is 0 Å². The number of hydrogen-bond acceptors (Lipinski definition) is 2. The lowest BCUT2D eigenvalue weighted by Crippen LogP contribution is -2.03. The Balaban J connectivity index is 2.20. The highest BCUT2D eigenvalue weighted by Crippen LogP contribution is 2.18. The van der Waals surface area contributed by atoms with Crippen molar-refractivity contribution >= 4 is 11.6 Å². The highest BCUT2D eigenvalue weighted by Gasteiger charge is 2.05. The summed E-state index contributed by atoms with van der Waals surface area (Å²) < 4.78 is 15.4. The molecule has 0 saturated carbocycles. The van der Waals surface area contributed by atoms with E-state index in [-0.39, 0.29) is 5.82 Å². The van der Waals surface area contributed by atoms with Crippen molar-refractivity contribution in [2.75, 3.05) is 5.32 Å². The van der Waals surface area contributed by atoms with Crippen LogP contribution in [0.25, 0.3) is 0 Å². The van der Waals surface area contributed by atoms with Gasteiger partial charge in [0.25, 0.3) is 0 Å². The Labute approximate surface area is 93.9 Å². The van der Waals surface area contributed by atoms with Crippen molar-refractivity contribution in [2.24, 2.45) is 0 Å². The van der Waals surface area contributed by atoms with Crippen LogP contribution in [0, 0.1) is 5.82 Å². The van der Waals surface area contributed by atoms with Crippen molar-refractivity contribution in [1.82, 2.24) is 9.55 Å². The maximum absolute atomic E-state index is 13.4. The molecule has 0 spiro atoms. The molecule has 2 aromatic rings. The molecule has 84 valence electrons. The quantitative estimate of drug-likeness (QED) is 0.855. The van der Waals surface area contributed by atoms with Gasteiger partial charge in [0.1, 0.15) is 5.82 Å². The van der Waals surface area contributed by atoms with E-state index >= 15 is 0 Å². The minimum Gasteiger partial charge on any atom is -0.323 e. The molecule has 1 aromatic heterocycles. The number of anilines is 2. The van der Waals surface area contributed by atoms with Gasteiger partial charge in [-0.2, -0.15) is 0 Å².